The van der Waals surface area contributed by atoms with Crippen molar-refractivity contribution in [2.24, 2.45) is 10.7 Å². The summed E-state index contributed by atoms with van der Waals surface area (Å²) >= 11 is 6.09. The van der Waals surface area contributed by atoms with Crippen LogP contribution in [0.2, 0.25) is 5.02 Å². The Hall–Kier alpha value is -1.31. The topological polar surface area (TPSA) is 59.6 Å². The zero-order valence-electron chi connectivity index (χ0n) is 12.3. The minimum atomic E-state index is 0. The molecule has 2 aromatic carbocycles. The first-order valence-corrected chi connectivity index (χ1v) is 6.95. The zero-order valence-corrected chi connectivity index (χ0v) is 15.3. The third-order valence-electron chi connectivity index (χ3n) is 2.96. The molecule has 0 aliphatic heterocycles. The molecule has 118 valence electrons. The van der Waals surface area contributed by atoms with Crippen molar-refractivity contribution in [3.8, 4) is 0 Å². The van der Waals surface area contributed by atoms with Crippen LogP contribution in [0.3, 0.4) is 0 Å². The molecule has 2 aromatic rings. The molecule has 0 heterocycles. The van der Waals surface area contributed by atoms with Crippen molar-refractivity contribution < 1.29 is 4.74 Å². The van der Waals surface area contributed by atoms with Crippen LogP contribution in [0.4, 0.5) is 5.69 Å². The lowest BCUT2D eigenvalue weighted by Gasteiger charge is -2.11. The molecule has 4 nitrogen and oxygen atoms in total. The van der Waals surface area contributed by atoms with Crippen LogP contribution in [0.25, 0.3) is 0 Å². The highest BCUT2D eigenvalue weighted by molar-refractivity contribution is 14.0. The van der Waals surface area contributed by atoms with Crippen molar-refractivity contribution >= 4 is 47.2 Å². The largest absolute Gasteiger partial charge is 0.380 e. The molecule has 0 spiro atoms. The monoisotopic (exact) mass is 431 g/mol. The Morgan fingerprint density at radius 1 is 1.14 bits per heavy atom. The van der Waals surface area contributed by atoms with Crippen LogP contribution in [0, 0.1) is 0 Å². The zero-order chi connectivity index (χ0) is 15.1. The molecule has 0 aromatic heterocycles. The second kappa shape index (κ2) is 9.66. The van der Waals surface area contributed by atoms with Gasteiger partial charge in [-0.2, -0.15) is 0 Å². The molecule has 0 saturated carbocycles. The first-order chi connectivity index (χ1) is 10.2. The van der Waals surface area contributed by atoms with Gasteiger partial charge in [0.25, 0.3) is 0 Å². The number of nitrogens with zero attached hydrogens (tertiary/aromatic N) is 1. The Morgan fingerprint density at radius 3 is 2.45 bits per heavy atom. The summed E-state index contributed by atoms with van der Waals surface area (Å²) in [5.74, 6) is 0.346. The lowest BCUT2D eigenvalue weighted by atomic mass is 10.2. The summed E-state index contributed by atoms with van der Waals surface area (Å²) in [5.41, 5.74) is 8.78. The standard InChI is InChI=1S/C16H18ClN3O.HI/c1-21-11-13-7-3-5-9-15(13)20-16(18)19-10-12-6-2-4-8-14(12)17;/h2-9H,10-11H2,1H3,(H3,18,19,20);1H. The van der Waals surface area contributed by atoms with E-state index in [9.17, 15) is 0 Å². The Bertz CT molecular complexity index is 634. The van der Waals surface area contributed by atoms with Crippen LogP contribution in [-0.2, 0) is 17.9 Å². The lowest BCUT2D eigenvalue weighted by molar-refractivity contribution is 0.185. The minimum absolute atomic E-state index is 0. The van der Waals surface area contributed by atoms with E-state index in [1.807, 2.05) is 48.5 Å². The third kappa shape index (κ3) is 5.47. The third-order valence-corrected chi connectivity index (χ3v) is 3.33. The van der Waals surface area contributed by atoms with Gasteiger partial charge in [-0.1, -0.05) is 48.0 Å². The molecule has 0 fully saturated rings. The van der Waals surface area contributed by atoms with E-state index in [0.29, 0.717) is 24.1 Å². The van der Waals surface area contributed by atoms with Crippen molar-refractivity contribution in [2.75, 3.05) is 12.4 Å². The number of hydrogen-bond acceptors (Lipinski definition) is 2. The molecule has 0 saturated heterocycles. The van der Waals surface area contributed by atoms with Crippen molar-refractivity contribution in [1.29, 1.82) is 0 Å². The fourth-order valence-corrected chi connectivity index (χ4v) is 2.09. The number of nitrogens with two attached hydrogens (primary N) is 1. The maximum absolute atomic E-state index is 6.09. The van der Waals surface area contributed by atoms with E-state index in [1.54, 1.807) is 7.11 Å². The Morgan fingerprint density at radius 2 is 1.77 bits per heavy atom. The van der Waals surface area contributed by atoms with E-state index in [-0.39, 0.29) is 24.0 Å². The predicted octanol–water partition coefficient (Wildman–Crippen LogP) is 4.03. The summed E-state index contributed by atoms with van der Waals surface area (Å²) in [6.07, 6.45) is 0. The van der Waals surface area contributed by atoms with Crippen LogP contribution in [0.5, 0.6) is 0 Å². The summed E-state index contributed by atoms with van der Waals surface area (Å²) in [4.78, 5) is 4.31. The van der Waals surface area contributed by atoms with E-state index < -0.39 is 0 Å². The van der Waals surface area contributed by atoms with Gasteiger partial charge >= 0.3 is 0 Å². The maximum atomic E-state index is 6.09. The fraction of sp³-hybridized carbons (Fsp3) is 0.188. The summed E-state index contributed by atoms with van der Waals surface area (Å²) in [6, 6.07) is 15.4. The van der Waals surface area contributed by atoms with Gasteiger partial charge in [0.15, 0.2) is 5.96 Å². The lowest BCUT2D eigenvalue weighted by Crippen LogP contribution is -2.23. The number of anilines is 1. The second-order valence-electron chi connectivity index (χ2n) is 4.51. The SMILES string of the molecule is COCc1ccccc1NC(N)=NCc1ccccc1Cl.I. The highest BCUT2D eigenvalue weighted by Crippen LogP contribution is 2.17. The van der Waals surface area contributed by atoms with E-state index in [0.717, 1.165) is 16.8 Å². The summed E-state index contributed by atoms with van der Waals surface area (Å²) in [5, 5.41) is 3.78. The van der Waals surface area contributed by atoms with Crippen LogP contribution in [0.1, 0.15) is 11.1 Å². The molecular formula is C16H19ClIN3O. The fourth-order valence-electron chi connectivity index (χ4n) is 1.90. The molecule has 0 atom stereocenters. The average molecular weight is 432 g/mol. The Labute approximate surface area is 152 Å². The molecule has 2 rings (SSSR count). The van der Waals surface area contributed by atoms with Gasteiger partial charge in [0, 0.05) is 23.4 Å². The molecule has 0 radical (unpaired) electrons. The number of aliphatic imine (C=N–C) groups is 1. The molecule has 0 amide bonds. The Balaban J connectivity index is 0.00000242. The van der Waals surface area contributed by atoms with Crippen LogP contribution in [-0.4, -0.2) is 13.1 Å². The van der Waals surface area contributed by atoms with Gasteiger partial charge in [-0.05, 0) is 17.7 Å². The maximum Gasteiger partial charge on any atom is 0.193 e. The van der Waals surface area contributed by atoms with Crippen molar-refractivity contribution in [3.05, 3.63) is 64.7 Å². The second-order valence-corrected chi connectivity index (χ2v) is 4.92. The number of benzene rings is 2. The number of guanidine groups is 1. The molecule has 0 aliphatic rings. The molecule has 0 unspecified atom stereocenters. The van der Waals surface area contributed by atoms with Gasteiger partial charge in [-0.3, -0.25) is 0 Å². The molecule has 0 aliphatic carbocycles. The van der Waals surface area contributed by atoms with E-state index >= 15 is 0 Å². The summed E-state index contributed by atoms with van der Waals surface area (Å²) in [6.45, 7) is 0.950. The first kappa shape index (κ1) is 18.7. The number of nitrogens with one attached hydrogen (secondary N) is 1. The number of para-hydroxylation sites is 1. The molecule has 0 bridgehead atoms. The quantitative estimate of drug-likeness (QED) is 0.427. The van der Waals surface area contributed by atoms with Crippen LogP contribution in [0.15, 0.2) is 53.5 Å². The van der Waals surface area contributed by atoms with Crippen LogP contribution < -0.4 is 11.1 Å². The van der Waals surface area contributed by atoms with Gasteiger partial charge in [-0.25, -0.2) is 4.99 Å². The molecule has 3 N–H and O–H groups in total. The predicted molar refractivity (Wildman–Crippen MR) is 103 cm³/mol. The van der Waals surface area contributed by atoms with Crippen molar-refractivity contribution in [3.63, 3.8) is 0 Å². The van der Waals surface area contributed by atoms with Gasteiger partial charge in [-0.15, -0.1) is 24.0 Å². The van der Waals surface area contributed by atoms with Gasteiger partial charge in [0.1, 0.15) is 0 Å². The normalized spacial score (nSPS) is 10.9. The van der Waals surface area contributed by atoms with E-state index in [1.165, 1.54) is 0 Å². The first-order valence-electron chi connectivity index (χ1n) is 6.58. The highest BCUT2D eigenvalue weighted by Gasteiger charge is 2.03. The smallest absolute Gasteiger partial charge is 0.193 e. The summed E-state index contributed by atoms with van der Waals surface area (Å²) in [7, 11) is 1.66. The Kier molecular flexibility index (Phi) is 8.22. The van der Waals surface area contributed by atoms with Gasteiger partial charge in [0.05, 0.1) is 13.2 Å². The molecule has 22 heavy (non-hydrogen) atoms. The van der Waals surface area contributed by atoms with Crippen molar-refractivity contribution in [1.82, 2.24) is 0 Å². The number of methoxy groups -OCH3 is 1. The van der Waals surface area contributed by atoms with Crippen molar-refractivity contribution in [2.45, 2.75) is 13.2 Å². The van der Waals surface area contributed by atoms with E-state index in [4.69, 9.17) is 22.1 Å². The number of ether oxygens (including phenoxy) is 1. The number of rotatable bonds is 5. The van der Waals surface area contributed by atoms with Crippen LogP contribution >= 0.6 is 35.6 Å². The molecular weight excluding hydrogens is 413 g/mol. The molecule has 6 heteroatoms. The minimum Gasteiger partial charge on any atom is -0.380 e. The summed E-state index contributed by atoms with van der Waals surface area (Å²) < 4.78 is 5.16. The van der Waals surface area contributed by atoms with Gasteiger partial charge in [0.2, 0.25) is 0 Å². The van der Waals surface area contributed by atoms with E-state index in [2.05, 4.69) is 10.3 Å². The van der Waals surface area contributed by atoms with Gasteiger partial charge < -0.3 is 15.8 Å². The number of hydrogen-bond donors (Lipinski definition) is 2. The highest BCUT2D eigenvalue weighted by atomic mass is 127. The average Bonchev–Trinajstić information content (AvgIpc) is 2.49. The number of halogens is 2.